The van der Waals surface area contributed by atoms with Gasteiger partial charge in [0.05, 0.1) is 6.10 Å². The van der Waals surface area contributed by atoms with Gasteiger partial charge in [0.1, 0.15) is 0 Å². The molecule has 1 N–H and O–H groups in total. The summed E-state index contributed by atoms with van der Waals surface area (Å²) in [6.45, 7) is 7.03. The van der Waals surface area contributed by atoms with E-state index in [4.69, 9.17) is 0 Å². The van der Waals surface area contributed by atoms with Crippen LogP contribution in [0.15, 0.2) is 0 Å². The van der Waals surface area contributed by atoms with Gasteiger partial charge in [-0.15, -0.1) is 0 Å². The van der Waals surface area contributed by atoms with Crippen LogP contribution in [0.2, 0.25) is 0 Å². The van der Waals surface area contributed by atoms with E-state index in [0.717, 1.165) is 18.9 Å². The Morgan fingerprint density at radius 3 is 2.42 bits per heavy atom. The normalized spacial score (nSPS) is 32.7. The van der Waals surface area contributed by atoms with Gasteiger partial charge in [-0.2, -0.15) is 0 Å². The molecule has 2 atom stereocenters. The predicted molar refractivity (Wildman–Crippen MR) is 81.2 cm³/mol. The van der Waals surface area contributed by atoms with Crippen LogP contribution in [0.5, 0.6) is 0 Å². The number of nitrogens with zero attached hydrogens (tertiary/aromatic N) is 1. The molecule has 0 bridgehead atoms. The van der Waals surface area contributed by atoms with E-state index in [2.05, 4.69) is 25.8 Å². The second-order valence-corrected chi connectivity index (χ2v) is 7.96. The molecular formula is C17H33NO. The molecule has 2 aliphatic carbocycles. The van der Waals surface area contributed by atoms with Gasteiger partial charge < -0.3 is 10.0 Å². The lowest BCUT2D eigenvalue weighted by Gasteiger charge is -2.40. The van der Waals surface area contributed by atoms with Gasteiger partial charge >= 0.3 is 0 Å². The standard InChI is InChI=1S/C17H33NO/c1-17(2)10-9-16(19)15(11-17)13-18(3)12-14-7-5-4-6-8-14/h14-16,19H,4-13H2,1-3H3. The van der Waals surface area contributed by atoms with Gasteiger partial charge in [-0.25, -0.2) is 0 Å². The molecule has 0 aromatic rings. The molecule has 0 aromatic heterocycles. The van der Waals surface area contributed by atoms with E-state index in [1.165, 1.54) is 51.5 Å². The van der Waals surface area contributed by atoms with Crippen LogP contribution in [0.25, 0.3) is 0 Å². The maximum Gasteiger partial charge on any atom is 0.0581 e. The third-order valence-corrected chi connectivity index (χ3v) is 5.32. The zero-order valence-electron chi connectivity index (χ0n) is 13.2. The number of aliphatic hydroxyl groups is 1. The summed E-state index contributed by atoms with van der Waals surface area (Å²) in [5.74, 6) is 1.39. The maximum absolute atomic E-state index is 10.2. The molecule has 112 valence electrons. The summed E-state index contributed by atoms with van der Waals surface area (Å²) in [6, 6.07) is 0. The molecule has 0 amide bonds. The molecule has 0 saturated heterocycles. The van der Waals surface area contributed by atoms with Crippen molar-refractivity contribution in [3.63, 3.8) is 0 Å². The van der Waals surface area contributed by atoms with Crippen LogP contribution in [-0.2, 0) is 0 Å². The molecule has 2 heteroatoms. The third kappa shape index (κ3) is 4.75. The minimum Gasteiger partial charge on any atom is -0.393 e. The van der Waals surface area contributed by atoms with Crippen molar-refractivity contribution in [2.45, 2.75) is 71.3 Å². The first-order valence-electron chi connectivity index (χ1n) is 8.33. The van der Waals surface area contributed by atoms with E-state index in [9.17, 15) is 5.11 Å². The Bertz CT molecular complexity index is 270. The summed E-state index contributed by atoms with van der Waals surface area (Å²) < 4.78 is 0. The van der Waals surface area contributed by atoms with Gasteiger partial charge in [0.2, 0.25) is 0 Å². The Hall–Kier alpha value is -0.0800. The van der Waals surface area contributed by atoms with E-state index in [1.54, 1.807) is 0 Å². The smallest absolute Gasteiger partial charge is 0.0581 e. The van der Waals surface area contributed by atoms with E-state index in [0.29, 0.717) is 11.3 Å². The average molecular weight is 267 g/mol. The Morgan fingerprint density at radius 1 is 1.05 bits per heavy atom. The Kier molecular flexibility index (Phi) is 5.30. The van der Waals surface area contributed by atoms with Gasteiger partial charge in [-0.1, -0.05) is 33.1 Å². The SMILES string of the molecule is CN(CC1CCCCC1)CC1CC(C)(C)CCC1O. The predicted octanol–water partition coefficient (Wildman–Crippen LogP) is 3.69. The second-order valence-electron chi connectivity index (χ2n) is 7.96. The van der Waals surface area contributed by atoms with Crippen LogP contribution < -0.4 is 0 Å². The minimum absolute atomic E-state index is 0.0677. The van der Waals surface area contributed by atoms with E-state index in [1.807, 2.05) is 0 Å². The molecule has 2 saturated carbocycles. The summed E-state index contributed by atoms with van der Waals surface area (Å²) in [5.41, 5.74) is 0.426. The molecule has 0 heterocycles. The van der Waals surface area contributed by atoms with Crippen molar-refractivity contribution in [3.05, 3.63) is 0 Å². The average Bonchev–Trinajstić information content (AvgIpc) is 2.35. The van der Waals surface area contributed by atoms with Gasteiger partial charge in [-0.3, -0.25) is 0 Å². The van der Waals surface area contributed by atoms with Gasteiger partial charge in [-0.05, 0) is 56.4 Å². The van der Waals surface area contributed by atoms with Gasteiger partial charge in [0, 0.05) is 13.1 Å². The molecule has 19 heavy (non-hydrogen) atoms. The lowest BCUT2D eigenvalue weighted by atomic mass is 9.70. The summed E-state index contributed by atoms with van der Waals surface area (Å²) in [6.07, 6.45) is 10.4. The van der Waals surface area contributed by atoms with E-state index < -0.39 is 0 Å². The zero-order chi connectivity index (χ0) is 13.9. The fourth-order valence-electron chi connectivity index (χ4n) is 4.19. The molecule has 2 fully saturated rings. The van der Waals surface area contributed by atoms with Gasteiger partial charge in [0.25, 0.3) is 0 Å². The van der Waals surface area contributed by atoms with Crippen molar-refractivity contribution in [3.8, 4) is 0 Å². The molecule has 2 aliphatic rings. The van der Waals surface area contributed by atoms with Crippen molar-refractivity contribution in [2.75, 3.05) is 20.1 Å². The highest BCUT2D eigenvalue weighted by atomic mass is 16.3. The number of aliphatic hydroxyl groups excluding tert-OH is 1. The Morgan fingerprint density at radius 2 is 1.74 bits per heavy atom. The van der Waals surface area contributed by atoms with Crippen molar-refractivity contribution in [1.82, 2.24) is 4.90 Å². The fourth-order valence-corrected chi connectivity index (χ4v) is 4.19. The summed E-state index contributed by atoms with van der Waals surface area (Å²) in [5, 5.41) is 10.2. The highest BCUT2D eigenvalue weighted by molar-refractivity contribution is 4.86. The van der Waals surface area contributed by atoms with Crippen LogP contribution in [0.4, 0.5) is 0 Å². The topological polar surface area (TPSA) is 23.5 Å². The first-order chi connectivity index (χ1) is 8.96. The Labute approximate surface area is 119 Å². The lowest BCUT2D eigenvalue weighted by Crippen LogP contribution is -2.41. The van der Waals surface area contributed by atoms with Crippen LogP contribution >= 0.6 is 0 Å². The molecule has 0 aromatic carbocycles. The first-order valence-corrected chi connectivity index (χ1v) is 8.33. The first kappa shape index (κ1) is 15.3. The van der Waals surface area contributed by atoms with Gasteiger partial charge in [0.15, 0.2) is 0 Å². The lowest BCUT2D eigenvalue weighted by molar-refractivity contribution is 0.00531. The van der Waals surface area contributed by atoms with Crippen molar-refractivity contribution >= 4 is 0 Å². The Balaban J connectivity index is 1.78. The van der Waals surface area contributed by atoms with Crippen LogP contribution in [-0.4, -0.2) is 36.2 Å². The number of hydrogen-bond donors (Lipinski definition) is 1. The maximum atomic E-state index is 10.2. The number of rotatable bonds is 4. The minimum atomic E-state index is -0.0677. The van der Waals surface area contributed by atoms with Crippen molar-refractivity contribution in [1.29, 1.82) is 0 Å². The molecule has 0 spiro atoms. The highest BCUT2D eigenvalue weighted by Gasteiger charge is 2.34. The highest BCUT2D eigenvalue weighted by Crippen LogP contribution is 2.39. The third-order valence-electron chi connectivity index (χ3n) is 5.32. The van der Waals surface area contributed by atoms with Crippen LogP contribution in [0.1, 0.15) is 65.2 Å². The fraction of sp³-hybridized carbons (Fsp3) is 1.00. The number of hydrogen-bond acceptors (Lipinski definition) is 2. The summed E-state index contributed by atoms with van der Waals surface area (Å²) >= 11 is 0. The summed E-state index contributed by atoms with van der Waals surface area (Å²) in [7, 11) is 2.25. The van der Waals surface area contributed by atoms with Crippen LogP contribution in [0, 0.1) is 17.3 Å². The van der Waals surface area contributed by atoms with Crippen LogP contribution in [0.3, 0.4) is 0 Å². The quantitative estimate of drug-likeness (QED) is 0.840. The monoisotopic (exact) mass is 267 g/mol. The van der Waals surface area contributed by atoms with Crippen molar-refractivity contribution in [2.24, 2.45) is 17.3 Å². The molecule has 2 unspecified atom stereocenters. The molecule has 2 nitrogen and oxygen atoms in total. The van der Waals surface area contributed by atoms with E-state index >= 15 is 0 Å². The molecular weight excluding hydrogens is 234 g/mol. The summed E-state index contributed by atoms with van der Waals surface area (Å²) in [4.78, 5) is 2.49. The largest absolute Gasteiger partial charge is 0.393 e. The van der Waals surface area contributed by atoms with E-state index in [-0.39, 0.29) is 6.10 Å². The molecule has 0 radical (unpaired) electrons. The zero-order valence-corrected chi connectivity index (χ0v) is 13.2. The molecule has 2 rings (SSSR count). The molecule has 0 aliphatic heterocycles. The second kappa shape index (κ2) is 6.58. The van der Waals surface area contributed by atoms with Crippen molar-refractivity contribution < 1.29 is 5.11 Å².